The van der Waals surface area contributed by atoms with Gasteiger partial charge in [-0.25, -0.2) is 0 Å². The second-order valence-corrected chi connectivity index (χ2v) is 7.41. The number of carbonyl (C=O) groups excluding carboxylic acids is 2. The Morgan fingerprint density at radius 3 is 2.70 bits per heavy atom. The van der Waals surface area contributed by atoms with Gasteiger partial charge in [-0.1, -0.05) is 35.9 Å². The lowest BCUT2D eigenvalue weighted by Crippen LogP contribution is -2.44. The molecule has 2 aromatic rings. The van der Waals surface area contributed by atoms with Crippen LogP contribution in [0.4, 0.5) is 0 Å². The predicted octanol–water partition coefficient (Wildman–Crippen LogP) is 2.72. The van der Waals surface area contributed by atoms with E-state index in [1.165, 1.54) is 11.1 Å². The number of rotatable bonds is 8. The van der Waals surface area contributed by atoms with Crippen molar-refractivity contribution in [3.63, 3.8) is 0 Å². The van der Waals surface area contributed by atoms with Gasteiger partial charge in [0.1, 0.15) is 0 Å². The molecule has 1 saturated heterocycles. The molecule has 2 heterocycles. The molecule has 2 N–H and O–H groups in total. The minimum Gasteiger partial charge on any atom is -0.356 e. The molecule has 0 aliphatic carbocycles. The van der Waals surface area contributed by atoms with Crippen molar-refractivity contribution in [1.82, 2.24) is 15.6 Å². The van der Waals surface area contributed by atoms with Gasteiger partial charge in [0.25, 0.3) is 0 Å². The SMILES string of the molecule is Cc1ccc(CC2(CCC(=O)NCCc3ccccn3)CCC(=O)N2)cc1. The number of carbonyl (C=O) groups is 2. The molecule has 1 aromatic heterocycles. The highest BCUT2D eigenvalue weighted by atomic mass is 16.2. The van der Waals surface area contributed by atoms with Gasteiger partial charge < -0.3 is 10.6 Å². The third kappa shape index (κ3) is 5.64. The van der Waals surface area contributed by atoms with Crippen molar-refractivity contribution in [2.75, 3.05) is 6.54 Å². The maximum atomic E-state index is 12.3. The zero-order valence-corrected chi connectivity index (χ0v) is 15.8. The number of benzene rings is 1. The number of pyridine rings is 1. The Hall–Kier alpha value is -2.69. The van der Waals surface area contributed by atoms with E-state index < -0.39 is 0 Å². The van der Waals surface area contributed by atoms with E-state index in [0.29, 0.717) is 25.8 Å². The Morgan fingerprint density at radius 1 is 1.22 bits per heavy atom. The Labute approximate surface area is 160 Å². The molecule has 5 heteroatoms. The summed E-state index contributed by atoms with van der Waals surface area (Å²) in [6.45, 7) is 2.64. The summed E-state index contributed by atoms with van der Waals surface area (Å²) < 4.78 is 0. The average Bonchev–Trinajstić information content (AvgIpc) is 3.04. The van der Waals surface area contributed by atoms with Crippen molar-refractivity contribution in [3.05, 3.63) is 65.5 Å². The van der Waals surface area contributed by atoms with Gasteiger partial charge >= 0.3 is 0 Å². The zero-order valence-electron chi connectivity index (χ0n) is 15.8. The number of amides is 2. The summed E-state index contributed by atoms with van der Waals surface area (Å²) in [6, 6.07) is 14.2. The van der Waals surface area contributed by atoms with Gasteiger partial charge in [0, 0.05) is 43.2 Å². The van der Waals surface area contributed by atoms with Gasteiger partial charge in [-0.3, -0.25) is 14.6 Å². The molecule has 1 fully saturated rings. The maximum Gasteiger partial charge on any atom is 0.220 e. The third-order valence-electron chi connectivity index (χ3n) is 5.16. The van der Waals surface area contributed by atoms with Crippen LogP contribution in [-0.2, 0) is 22.4 Å². The van der Waals surface area contributed by atoms with Crippen LogP contribution >= 0.6 is 0 Å². The van der Waals surface area contributed by atoms with E-state index in [9.17, 15) is 9.59 Å². The predicted molar refractivity (Wildman–Crippen MR) is 105 cm³/mol. The summed E-state index contributed by atoms with van der Waals surface area (Å²) in [5, 5.41) is 6.10. The van der Waals surface area contributed by atoms with E-state index in [1.807, 2.05) is 18.2 Å². The van der Waals surface area contributed by atoms with Crippen molar-refractivity contribution in [2.24, 2.45) is 0 Å². The topological polar surface area (TPSA) is 71.1 Å². The molecule has 0 radical (unpaired) electrons. The lowest BCUT2D eigenvalue weighted by molar-refractivity contribution is -0.122. The van der Waals surface area contributed by atoms with Crippen molar-refractivity contribution in [1.29, 1.82) is 0 Å². The fourth-order valence-electron chi connectivity index (χ4n) is 3.60. The molecule has 142 valence electrons. The van der Waals surface area contributed by atoms with Crippen LogP contribution in [0.5, 0.6) is 0 Å². The van der Waals surface area contributed by atoms with Gasteiger partial charge in [0.2, 0.25) is 11.8 Å². The van der Waals surface area contributed by atoms with Gasteiger partial charge in [0.05, 0.1) is 0 Å². The summed E-state index contributed by atoms with van der Waals surface area (Å²) >= 11 is 0. The van der Waals surface area contributed by atoms with E-state index in [0.717, 1.165) is 25.0 Å². The summed E-state index contributed by atoms with van der Waals surface area (Å²) in [7, 11) is 0. The van der Waals surface area contributed by atoms with Crippen molar-refractivity contribution >= 4 is 11.8 Å². The molecule has 2 amide bonds. The van der Waals surface area contributed by atoms with E-state index in [1.54, 1.807) is 6.20 Å². The van der Waals surface area contributed by atoms with Crippen LogP contribution in [0.25, 0.3) is 0 Å². The maximum absolute atomic E-state index is 12.3. The van der Waals surface area contributed by atoms with Crippen LogP contribution in [0.15, 0.2) is 48.7 Å². The molecule has 27 heavy (non-hydrogen) atoms. The van der Waals surface area contributed by atoms with Crippen LogP contribution < -0.4 is 10.6 Å². The monoisotopic (exact) mass is 365 g/mol. The molecule has 1 atom stereocenters. The minimum atomic E-state index is -0.315. The van der Waals surface area contributed by atoms with Crippen molar-refractivity contribution < 1.29 is 9.59 Å². The Bertz CT molecular complexity index is 774. The Morgan fingerprint density at radius 2 is 2.04 bits per heavy atom. The number of aryl methyl sites for hydroxylation is 1. The highest BCUT2D eigenvalue weighted by Crippen LogP contribution is 2.29. The quantitative estimate of drug-likeness (QED) is 0.756. The molecule has 0 spiro atoms. The number of hydrogen-bond acceptors (Lipinski definition) is 3. The molecular weight excluding hydrogens is 338 g/mol. The molecule has 3 rings (SSSR count). The molecule has 0 saturated carbocycles. The van der Waals surface area contributed by atoms with Crippen LogP contribution in [-0.4, -0.2) is 28.9 Å². The van der Waals surface area contributed by atoms with Crippen LogP contribution in [0.1, 0.15) is 42.5 Å². The van der Waals surface area contributed by atoms with Gasteiger partial charge in [-0.15, -0.1) is 0 Å². The van der Waals surface area contributed by atoms with Crippen LogP contribution in [0, 0.1) is 6.92 Å². The lowest BCUT2D eigenvalue weighted by atomic mass is 9.84. The molecule has 5 nitrogen and oxygen atoms in total. The summed E-state index contributed by atoms with van der Waals surface area (Å²) in [5.41, 5.74) is 3.07. The fraction of sp³-hybridized carbons (Fsp3) is 0.409. The van der Waals surface area contributed by atoms with Crippen LogP contribution in [0.2, 0.25) is 0 Å². The first-order chi connectivity index (χ1) is 13.0. The standard InChI is InChI=1S/C22H27N3O2/c1-17-5-7-18(8-6-17)16-22(13-10-21(27)25-22)12-9-20(26)24-15-11-19-4-2-3-14-23-19/h2-8,14H,9-13,15-16H2,1H3,(H,24,26)(H,25,27). The van der Waals surface area contributed by atoms with Gasteiger partial charge in [-0.2, -0.15) is 0 Å². The number of aromatic nitrogens is 1. The zero-order chi connectivity index (χ0) is 19.1. The normalized spacial score (nSPS) is 18.9. The van der Waals surface area contributed by atoms with Gasteiger partial charge in [0.15, 0.2) is 0 Å². The third-order valence-corrected chi connectivity index (χ3v) is 5.16. The minimum absolute atomic E-state index is 0.0235. The largest absolute Gasteiger partial charge is 0.356 e. The van der Waals surface area contributed by atoms with Crippen molar-refractivity contribution in [3.8, 4) is 0 Å². The van der Waals surface area contributed by atoms with E-state index in [4.69, 9.17) is 0 Å². The summed E-state index contributed by atoms with van der Waals surface area (Å²) in [6.07, 6.45) is 5.62. The number of nitrogens with zero attached hydrogens (tertiary/aromatic N) is 1. The molecule has 1 unspecified atom stereocenters. The number of hydrogen-bond donors (Lipinski definition) is 2. The van der Waals surface area contributed by atoms with E-state index >= 15 is 0 Å². The Balaban J connectivity index is 1.51. The van der Waals surface area contributed by atoms with E-state index in [2.05, 4.69) is 46.8 Å². The summed E-state index contributed by atoms with van der Waals surface area (Å²) in [4.78, 5) is 28.4. The molecular formula is C22H27N3O2. The highest BCUT2D eigenvalue weighted by Gasteiger charge is 2.37. The first kappa shape index (κ1) is 19.1. The Kier molecular flexibility index (Phi) is 6.22. The van der Waals surface area contributed by atoms with Gasteiger partial charge in [-0.05, 0) is 43.9 Å². The van der Waals surface area contributed by atoms with Crippen LogP contribution in [0.3, 0.4) is 0 Å². The first-order valence-corrected chi connectivity index (χ1v) is 9.58. The summed E-state index contributed by atoms with van der Waals surface area (Å²) in [5.74, 6) is 0.105. The fourth-order valence-corrected chi connectivity index (χ4v) is 3.60. The van der Waals surface area contributed by atoms with E-state index in [-0.39, 0.29) is 17.4 Å². The highest BCUT2D eigenvalue weighted by molar-refractivity contribution is 5.80. The average molecular weight is 365 g/mol. The number of nitrogens with one attached hydrogen (secondary N) is 2. The smallest absolute Gasteiger partial charge is 0.220 e. The molecule has 1 aromatic carbocycles. The second-order valence-electron chi connectivity index (χ2n) is 7.41. The lowest BCUT2D eigenvalue weighted by Gasteiger charge is -2.29. The second kappa shape index (κ2) is 8.80. The van der Waals surface area contributed by atoms with Crippen molar-refractivity contribution in [2.45, 2.75) is 51.0 Å². The molecule has 1 aliphatic heterocycles. The first-order valence-electron chi connectivity index (χ1n) is 9.58. The molecule has 1 aliphatic rings. The molecule has 0 bridgehead atoms.